The minimum atomic E-state index is -0.144. The highest BCUT2D eigenvalue weighted by Crippen LogP contribution is 2.25. The zero-order valence-electron chi connectivity index (χ0n) is 18.1. The van der Waals surface area contributed by atoms with E-state index in [2.05, 4.69) is 9.80 Å². The van der Waals surface area contributed by atoms with Gasteiger partial charge in [-0.2, -0.15) is 0 Å². The standard InChI is InChI=1S/C23H38N2O4/c1-27-21-9-8-20(18-22(21)28-16-14-24-10-4-2-5-11-24)19-23(26)29-17-15-25-12-6-3-7-13-25/h8-9,22H,2-7,10-19H2,1H3. The van der Waals surface area contributed by atoms with Crippen LogP contribution in [0.2, 0.25) is 0 Å². The van der Waals surface area contributed by atoms with E-state index in [4.69, 9.17) is 14.2 Å². The van der Waals surface area contributed by atoms with Crippen LogP contribution < -0.4 is 0 Å². The molecule has 0 aromatic rings. The second-order valence-corrected chi connectivity index (χ2v) is 8.36. The zero-order chi connectivity index (χ0) is 20.3. The summed E-state index contributed by atoms with van der Waals surface area (Å²) in [6, 6.07) is 0. The minimum Gasteiger partial charge on any atom is -0.498 e. The first-order valence-corrected chi connectivity index (χ1v) is 11.4. The van der Waals surface area contributed by atoms with Crippen LogP contribution in [0.4, 0.5) is 0 Å². The van der Waals surface area contributed by atoms with Crippen molar-refractivity contribution in [1.82, 2.24) is 9.80 Å². The highest BCUT2D eigenvalue weighted by atomic mass is 16.5. The van der Waals surface area contributed by atoms with Gasteiger partial charge in [-0.3, -0.25) is 9.69 Å². The molecule has 3 aliphatic rings. The summed E-state index contributed by atoms with van der Waals surface area (Å²) in [5.74, 6) is 0.695. The minimum absolute atomic E-state index is 0.106. The number of piperidine rings is 2. The van der Waals surface area contributed by atoms with Gasteiger partial charge in [-0.25, -0.2) is 0 Å². The molecule has 0 aromatic heterocycles. The van der Waals surface area contributed by atoms with E-state index in [-0.39, 0.29) is 12.1 Å². The molecule has 2 heterocycles. The van der Waals surface area contributed by atoms with E-state index >= 15 is 0 Å². The van der Waals surface area contributed by atoms with Gasteiger partial charge in [0, 0.05) is 19.5 Å². The number of methoxy groups -OCH3 is 1. The van der Waals surface area contributed by atoms with Crippen molar-refractivity contribution in [3.63, 3.8) is 0 Å². The second kappa shape index (κ2) is 12.4. The van der Waals surface area contributed by atoms with Gasteiger partial charge in [-0.1, -0.05) is 24.5 Å². The van der Waals surface area contributed by atoms with Crippen LogP contribution in [0.15, 0.2) is 23.5 Å². The molecule has 3 rings (SSSR count). The van der Waals surface area contributed by atoms with Gasteiger partial charge in [0.05, 0.1) is 20.1 Å². The Kier molecular flexibility index (Phi) is 9.51. The van der Waals surface area contributed by atoms with Crippen molar-refractivity contribution in [2.24, 2.45) is 0 Å². The Labute approximate surface area is 175 Å². The molecule has 0 bridgehead atoms. The maximum atomic E-state index is 12.3. The molecule has 0 spiro atoms. The van der Waals surface area contributed by atoms with E-state index in [1.807, 2.05) is 12.2 Å². The van der Waals surface area contributed by atoms with Crippen LogP contribution >= 0.6 is 0 Å². The Morgan fingerprint density at radius 1 is 0.931 bits per heavy atom. The summed E-state index contributed by atoms with van der Waals surface area (Å²) in [7, 11) is 1.68. The number of hydrogen-bond donors (Lipinski definition) is 0. The normalized spacial score (nSPS) is 24.0. The first-order chi connectivity index (χ1) is 14.2. The molecule has 164 valence electrons. The number of rotatable bonds is 10. The van der Waals surface area contributed by atoms with Crippen molar-refractivity contribution in [1.29, 1.82) is 0 Å². The topological polar surface area (TPSA) is 51.2 Å². The van der Waals surface area contributed by atoms with Crippen molar-refractivity contribution >= 4 is 5.97 Å². The van der Waals surface area contributed by atoms with Crippen LogP contribution in [0.25, 0.3) is 0 Å². The van der Waals surface area contributed by atoms with E-state index in [0.717, 1.165) is 37.5 Å². The summed E-state index contributed by atoms with van der Waals surface area (Å²) in [5.41, 5.74) is 1.05. The monoisotopic (exact) mass is 406 g/mol. The number of nitrogens with zero attached hydrogens (tertiary/aromatic N) is 2. The van der Waals surface area contributed by atoms with Crippen LogP contribution in [0.5, 0.6) is 0 Å². The van der Waals surface area contributed by atoms with Crippen LogP contribution in [0.1, 0.15) is 51.4 Å². The predicted molar refractivity (Wildman–Crippen MR) is 114 cm³/mol. The fraction of sp³-hybridized carbons (Fsp3) is 0.783. The van der Waals surface area contributed by atoms with Crippen molar-refractivity contribution in [3.8, 4) is 0 Å². The van der Waals surface area contributed by atoms with Crippen molar-refractivity contribution < 1.29 is 19.0 Å². The van der Waals surface area contributed by atoms with Gasteiger partial charge in [-0.15, -0.1) is 0 Å². The van der Waals surface area contributed by atoms with Gasteiger partial charge in [-0.05, 0) is 57.9 Å². The smallest absolute Gasteiger partial charge is 0.309 e. The van der Waals surface area contributed by atoms with Crippen molar-refractivity contribution in [3.05, 3.63) is 23.5 Å². The molecule has 6 nitrogen and oxygen atoms in total. The van der Waals surface area contributed by atoms with E-state index in [9.17, 15) is 4.79 Å². The Balaban J connectivity index is 1.36. The Bertz CT molecular complexity index is 563. The molecule has 0 saturated carbocycles. The average molecular weight is 407 g/mol. The third-order valence-corrected chi connectivity index (χ3v) is 6.15. The number of esters is 1. The van der Waals surface area contributed by atoms with Gasteiger partial charge in [0.1, 0.15) is 18.5 Å². The number of hydrogen-bond acceptors (Lipinski definition) is 6. The molecular formula is C23H38N2O4. The fourth-order valence-electron chi connectivity index (χ4n) is 4.40. The largest absolute Gasteiger partial charge is 0.498 e. The van der Waals surface area contributed by atoms with Crippen LogP contribution in [-0.2, 0) is 19.0 Å². The van der Waals surface area contributed by atoms with Crippen LogP contribution in [0, 0.1) is 0 Å². The SMILES string of the molecule is COC1=CC=C(CC(=O)OCCN2CCCCC2)CC1OCCN1CCCCC1. The number of likely N-dealkylation sites (tertiary alicyclic amines) is 2. The molecular weight excluding hydrogens is 368 g/mol. The average Bonchev–Trinajstić information content (AvgIpc) is 2.75. The third-order valence-electron chi connectivity index (χ3n) is 6.15. The zero-order valence-corrected chi connectivity index (χ0v) is 18.1. The molecule has 1 aliphatic carbocycles. The van der Waals surface area contributed by atoms with Crippen molar-refractivity contribution in [2.75, 3.05) is 59.6 Å². The highest BCUT2D eigenvalue weighted by Gasteiger charge is 2.23. The molecule has 2 fully saturated rings. The summed E-state index contributed by atoms with van der Waals surface area (Å²) < 4.78 is 17.1. The maximum absolute atomic E-state index is 12.3. The molecule has 0 aromatic carbocycles. The molecule has 2 aliphatic heterocycles. The van der Waals surface area contributed by atoms with Crippen LogP contribution in [-0.4, -0.2) is 81.5 Å². The van der Waals surface area contributed by atoms with E-state index < -0.39 is 0 Å². The number of ether oxygens (including phenoxy) is 3. The summed E-state index contributed by atoms with van der Waals surface area (Å²) in [6.07, 6.45) is 12.6. The van der Waals surface area contributed by atoms with Gasteiger partial charge >= 0.3 is 5.97 Å². The Morgan fingerprint density at radius 3 is 2.17 bits per heavy atom. The molecule has 0 amide bonds. The first-order valence-electron chi connectivity index (χ1n) is 11.4. The summed E-state index contributed by atoms with van der Waals surface area (Å²) >= 11 is 0. The maximum Gasteiger partial charge on any atom is 0.309 e. The molecule has 0 radical (unpaired) electrons. The van der Waals surface area contributed by atoms with E-state index in [1.165, 1.54) is 51.6 Å². The molecule has 1 unspecified atom stereocenters. The number of allylic oxidation sites excluding steroid dienone is 2. The summed E-state index contributed by atoms with van der Waals surface area (Å²) in [5, 5.41) is 0. The lowest BCUT2D eigenvalue weighted by molar-refractivity contribution is -0.143. The molecule has 2 saturated heterocycles. The quantitative estimate of drug-likeness (QED) is 0.520. The van der Waals surface area contributed by atoms with Crippen molar-refractivity contribution in [2.45, 2.75) is 57.5 Å². The van der Waals surface area contributed by atoms with E-state index in [0.29, 0.717) is 26.1 Å². The van der Waals surface area contributed by atoms with Gasteiger partial charge < -0.3 is 19.1 Å². The Hall–Kier alpha value is -1.37. The third kappa shape index (κ3) is 7.76. The van der Waals surface area contributed by atoms with E-state index in [1.54, 1.807) is 7.11 Å². The Morgan fingerprint density at radius 2 is 1.55 bits per heavy atom. The van der Waals surface area contributed by atoms with Crippen LogP contribution in [0.3, 0.4) is 0 Å². The van der Waals surface area contributed by atoms with Gasteiger partial charge in [0.2, 0.25) is 0 Å². The number of carbonyl (C=O) groups excluding carboxylic acids is 1. The van der Waals surface area contributed by atoms with Gasteiger partial charge in [0.25, 0.3) is 0 Å². The molecule has 6 heteroatoms. The second-order valence-electron chi connectivity index (χ2n) is 8.36. The summed E-state index contributed by atoms with van der Waals surface area (Å²) in [4.78, 5) is 17.1. The molecule has 29 heavy (non-hydrogen) atoms. The van der Waals surface area contributed by atoms with Gasteiger partial charge in [0.15, 0.2) is 0 Å². The number of carbonyl (C=O) groups is 1. The fourth-order valence-corrected chi connectivity index (χ4v) is 4.40. The lowest BCUT2D eigenvalue weighted by atomic mass is 9.98. The lowest BCUT2D eigenvalue weighted by Gasteiger charge is -2.28. The predicted octanol–water partition coefficient (Wildman–Crippen LogP) is 3.14. The molecule has 1 atom stereocenters. The summed E-state index contributed by atoms with van der Waals surface area (Å²) in [6.45, 7) is 7.60. The lowest BCUT2D eigenvalue weighted by Crippen LogP contribution is -2.34. The molecule has 0 N–H and O–H groups in total. The highest BCUT2D eigenvalue weighted by molar-refractivity contribution is 5.72. The first kappa shape index (κ1) is 22.3.